The van der Waals surface area contributed by atoms with Crippen LogP contribution < -0.4 is 5.32 Å². The quantitative estimate of drug-likeness (QED) is 0.835. The molecule has 0 radical (unpaired) electrons. The first-order valence-electron chi connectivity index (χ1n) is 6.41. The number of carbonyl (C=O) groups is 1. The summed E-state index contributed by atoms with van der Waals surface area (Å²) in [7, 11) is 0. The molecule has 0 aliphatic heterocycles. The molecule has 2 aromatic heterocycles. The van der Waals surface area contributed by atoms with Gasteiger partial charge in [0.25, 0.3) is 0 Å². The molecule has 0 spiro atoms. The smallest absolute Gasteiger partial charge is 0.225 e. The molecule has 2 N–H and O–H groups in total. The Balaban J connectivity index is 1.83. The zero-order valence-corrected chi connectivity index (χ0v) is 13.2. The Bertz CT molecular complexity index is 660. The Kier molecular flexibility index (Phi) is 5.03. The first kappa shape index (κ1) is 14.9. The van der Waals surface area contributed by atoms with Gasteiger partial charge in [0.05, 0.1) is 6.42 Å². The molecule has 0 saturated heterocycles. The Morgan fingerprint density at radius 3 is 2.95 bits per heavy atom. The molecule has 20 heavy (non-hydrogen) atoms. The Hall–Kier alpha value is -1.53. The topological polar surface area (TPSA) is 57.8 Å². The van der Waals surface area contributed by atoms with Gasteiger partial charge in [0.2, 0.25) is 5.91 Å². The third kappa shape index (κ3) is 3.98. The van der Waals surface area contributed by atoms with Crippen molar-refractivity contribution in [2.24, 2.45) is 0 Å². The van der Waals surface area contributed by atoms with E-state index in [-0.39, 0.29) is 5.91 Å². The average molecular weight is 307 g/mol. The van der Waals surface area contributed by atoms with Crippen LogP contribution in [0.3, 0.4) is 0 Å². The molecular weight excluding hydrogens is 290 g/mol. The average Bonchev–Trinajstić information content (AvgIpc) is 2.70. The van der Waals surface area contributed by atoms with E-state index >= 15 is 0 Å². The van der Waals surface area contributed by atoms with E-state index in [0.29, 0.717) is 13.0 Å². The van der Waals surface area contributed by atoms with Gasteiger partial charge in [-0.3, -0.25) is 9.78 Å². The fourth-order valence-electron chi connectivity index (χ4n) is 1.93. The zero-order valence-electron chi connectivity index (χ0n) is 11.5. The maximum atomic E-state index is 11.9. The second-order valence-electron chi connectivity index (χ2n) is 4.64. The van der Waals surface area contributed by atoms with E-state index in [1.165, 1.54) is 16.9 Å². The van der Waals surface area contributed by atoms with Crippen molar-refractivity contribution in [3.63, 3.8) is 0 Å². The Labute approximate surface area is 127 Å². The van der Waals surface area contributed by atoms with Gasteiger partial charge in [0.1, 0.15) is 0 Å². The van der Waals surface area contributed by atoms with E-state index in [9.17, 15) is 4.79 Å². The standard InChI is InChI=1S/C14H17N3OS2/c1-9-8-15-5-3-11(9)4-6-16-13(18)7-12-10(2)17-14(19)20-12/h3,5,8H,4,6-7H2,1-2H3,(H,16,18)(H,17,19). The van der Waals surface area contributed by atoms with Gasteiger partial charge < -0.3 is 10.3 Å². The molecule has 0 aromatic carbocycles. The van der Waals surface area contributed by atoms with Gasteiger partial charge in [-0.05, 0) is 49.7 Å². The van der Waals surface area contributed by atoms with Gasteiger partial charge in [0, 0.05) is 29.5 Å². The van der Waals surface area contributed by atoms with Crippen molar-refractivity contribution in [3.8, 4) is 0 Å². The lowest BCUT2D eigenvalue weighted by Gasteiger charge is -2.06. The van der Waals surface area contributed by atoms with Crippen molar-refractivity contribution >= 4 is 29.5 Å². The third-order valence-electron chi connectivity index (χ3n) is 3.10. The number of aromatic nitrogens is 2. The van der Waals surface area contributed by atoms with Crippen molar-refractivity contribution in [3.05, 3.63) is 44.1 Å². The number of hydrogen-bond donors (Lipinski definition) is 2. The summed E-state index contributed by atoms with van der Waals surface area (Å²) in [5, 5.41) is 2.94. The van der Waals surface area contributed by atoms with Crippen LogP contribution in [0, 0.1) is 17.8 Å². The fourth-order valence-corrected chi connectivity index (χ4v) is 3.22. The van der Waals surface area contributed by atoms with Gasteiger partial charge in [-0.15, -0.1) is 11.3 Å². The number of hydrogen-bond acceptors (Lipinski definition) is 4. The van der Waals surface area contributed by atoms with Crippen molar-refractivity contribution in [1.29, 1.82) is 0 Å². The lowest BCUT2D eigenvalue weighted by Crippen LogP contribution is -2.27. The van der Waals surface area contributed by atoms with E-state index in [2.05, 4.69) is 15.3 Å². The maximum absolute atomic E-state index is 11.9. The maximum Gasteiger partial charge on any atom is 0.225 e. The van der Waals surface area contributed by atoms with Crippen LogP contribution >= 0.6 is 23.6 Å². The SMILES string of the molecule is Cc1cnccc1CCNC(=O)Cc1sc(=S)[nH]c1C. The van der Waals surface area contributed by atoms with Crippen LogP contribution in [0.1, 0.15) is 21.7 Å². The normalized spacial score (nSPS) is 10.5. The van der Waals surface area contributed by atoms with Gasteiger partial charge >= 0.3 is 0 Å². The van der Waals surface area contributed by atoms with E-state index in [1.54, 1.807) is 6.20 Å². The number of pyridine rings is 1. The molecule has 2 rings (SSSR count). The zero-order chi connectivity index (χ0) is 14.5. The van der Waals surface area contributed by atoms with Crippen LogP contribution in [0.15, 0.2) is 18.5 Å². The number of nitrogens with zero attached hydrogens (tertiary/aromatic N) is 1. The lowest BCUT2D eigenvalue weighted by atomic mass is 10.1. The second kappa shape index (κ2) is 6.76. The van der Waals surface area contributed by atoms with Crippen molar-refractivity contribution in [2.75, 3.05) is 6.54 Å². The number of carbonyl (C=O) groups excluding carboxylic acids is 1. The molecule has 0 fully saturated rings. The highest BCUT2D eigenvalue weighted by Crippen LogP contribution is 2.14. The Morgan fingerprint density at radius 1 is 1.50 bits per heavy atom. The predicted octanol–water partition coefficient (Wildman–Crippen LogP) is 2.72. The van der Waals surface area contributed by atoms with E-state index in [1.807, 2.05) is 26.1 Å². The summed E-state index contributed by atoms with van der Waals surface area (Å²) in [6.45, 7) is 4.61. The first-order valence-corrected chi connectivity index (χ1v) is 7.63. The predicted molar refractivity (Wildman–Crippen MR) is 83.6 cm³/mol. The monoisotopic (exact) mass is 307 g/mol. The number of nitrogens with one attached hydrogen (secondary N) is 2. The summed E-state index contributed by atoms with van der Waals surface area (Å²) in [5.74, 6) is 0.0325. The summed E-state index contributed by atoms with van der Waals surface area (Å²) in [4.78, 5) is 20.0. The fraction of sp³-hybridized carbons (Fsp3) is 0.357. The molecular formula is C14H17N3OS2. The van der Waals surface area contributed by atoms with E-state index in [0.717, 1.165) is 26.5 Å². The lowest BCUT2D eigenvalue weighted by molar-refractivity contribution is -0.120. The van der Waals surface area contributed by atoms with Crippen molar-refractivity contribution in [2.45, 2.75) is 26.7 Å². The summed E-state index contributed by atoms with van der Waals surface area (Å²) in [6.07, 6.45) is 4.83. The second-order valence-corrected chi connectivity index (χ2v) is 6.41. The highest BCUT2D eigenvalue weighted by molar-refractivity contribution is 7.73. The number of rotatable bonds is 5. The molecule has 6 heteroatoms. The molecule has 2 aromatic rings. The molecule has 0 bridgehead atoms. The number of thiazole rings is 1. The summed E-state index contributed by atoms with van der Waals surface area (Å²) < 4.78 is 0.720. The van der Waals surface area contributed by atoms with Crippen LogP contribution in [0.5, 0.6) is 0 Å². The van der Waals surface area contributed by atoms with Crippen LogP contribution in [-0.4, -0.2) is 22.4 Å². The molecule has 2 heterocycles. The van der Waals surface area contributed by atoms with Crippen molar-refractivity contribution < 1.29 is 4.79 Å². The molecule has 0 atom stereocenters. The van der Waals surface area contributed by atoms with Gasteiger partial charge in [-0.25, -0.2) is 0 Å². The largest absolute Gasteiger partial charge is 0.355 e. The molecule has 1 amide bonds. The van der Waals surface area contributed by atoms with Gasteiger partial charge in [-0.2, -0.15) is 0 Å². The van der Waals surface area contributed by atoms with Crippen molar-refractivity contribution in [1.82, 2.24) is 15.3 Å². The van der Waals surface area contributed by atoms with Crippen LogP contribution in [-0.2, 0) is 17.6 Å². The summed E-state index contributed by atoms with van der Waals surface area (Å²) in [5.41, 5.74) is 3.36. The summed E-state index contributed by atoms with van der Waals surface area (Å²) in [6, 6.07) is 1.99. The highest BCUT2D eigenvalue weighted by atomic mass is 32.1. The van der Waals surface area contributed by atoms with Gasteiger partial charge in [0.15, 0.2) is 3.95 Å². The van der Waals surface area contributed by atoms with Gasteiger partial charge in [-0.1, -0.05) is 0 Å². The molecule has 106 valence electrons. The molecule has 0 saturated carbocycles. The number of aryl methyl sites for hydroxylation is 2. The minimum Gasteiger partial charge on any atom is -0.355 e. The number of amides is 1. The van der Waals surface area contributed by atoms with Crippen LogP contribution in [0.4, 0.5) is 0 Å². The highest BCUT2D eigenvalue weighted by Gasteiger charge is 2.08. The molecule has 4 nitrogen and oxygen atoms in total. The number of H-pyrrole nitrogens is 1. The Morgan fingerprint density at radius 2 is 2.30 bits per heavy atom. The van der Waals surface area contributed by atoms with Crippen LogP contribution in [0.25, 0.3) is 0 Å². The minimum absolute atomic E-state index is 0.0325. The third-order valence-corrected chi connectivity index (χ3v) is 4.43. The minimum atomic E-state index is 0.0325. The van der Waals surface area contributed by atoms with E-state index in [4.69, 9.17) is 12.2 Å². The molecule has 0 aliphatic carbocycles. The van der Waals surface area contributed by atoms with E-state index < -0.39 is 0 Å². The molecule has 0 aliphatic rings. The first-order chi connectivity index (χ1) is 9.56. The number of aromatic amines is 1. The van der Waals surface area contributed by atoms with Crippen LogP contribution in [0.2, 0.25) is 0 Å². The summed E-state index contributed by atoms with van der Waals surface area (Å²) >= 11 is 6.53. The molecule has 0 unspecified atom stereocenters.